The average Bonchev–Trinajstić information content (AvgIpc) is 2.11. The van der Waals surface area contributed by atoms with Crippen molar-refractivity contribution >= 4 is 11.6 Å². The summed E-state index contributed by atoms with van der Waals surface area (Å²) in [4.78, 5) is 0. The molecule has 1 rings (SSSR count). The van der Waals surface area contributed by atoms with E-state index in [1.165, 1.54) is 12.1 Å². The van der Waals surface area contributed by atoms with Crippen molar-refractivity contribution in [2.45, 2.75) is 6.04 Å². The number of halogens is 2. The van der Waals surface area contributed by atoms with Crippen LogP contribution < -0.4 is 5.32 Å². The molecule has 0 aliphatic carbocycles. The van der Waals surface area contributed by atoms with Gasteiger partial charge in [-0.1, -0.05) is 17.7 Å². The number of rotatable bonds is 3. The summed E-state index contributed by atoms with van der Waals surface area (Å²) in [6.07, 6.45) is 0. The van der Waals surface area contributed by atoms with Crippen LogP contribution in [-0.4, -0.2) is 18.8 Å². The lowest BCUT2D eigenvalue weighted by Crippen LogP contribution is -2.21. The van der Waals surface area contributed by atoms with Crippen LogP contribution in [0.15, 0.2) is 18.2 Å². The smallest absolute Gasteiger partial charge is 0.129 e. The van der Waals surface area contributed by atoms with E-state index >= 15 is 0 Å². The first kappa shape index (κ1) is 10.4. The number of likely N-dealkylation sites (N-methyl/N-ethyl adjacent to an activating group) is 1. The molecule has 0 aromatic heterocycles. The summed E-state index contributed by atoms with van der Waals surface area (Å²) in [7, 11) is 1.64. The highest BCUT2D eigenvalue weighted by Gasteiger charge is 2.15. The van der Waals surface area contributed by atoms with Gasteiger partial charge in [0.15, 0.2) is 0 Å². The van der Waals surface area contributed by atoms with Crippen molar-refractivity contribution in [3.05, 3.63) is 34.6 Å². The maximum Gasteiger partial charge on any atom is 0.129 e. The predicted octanol–water partition coefficient (Wildman–Crippen LogP) is 1.73. The lowest BCUT2D eigenvalue weighted by Gasteiger charge is -2.15. The fourth-order valence-corrected chi connectivity index (χ4v) is 1.47. The number of hydrogen-bond donors (Lipinski definition) is 2. The van der Waals surface area contributed by atoms with Crippen molar-refractivity contribution in [3.8, 4) is 0 Å². The molecule has 0 amide bonds. The number of nitrogens with one attached hydrogen (secondary N) is 1. The third-order valence-corrected chi connectivity index (χ3v) is 2.21. The maximum absolute atomic E-state index is 13.2. The highest BCUT2D eigenvalue weighted by atomic mass is 35.5. The second-order valence-electron chi connectivity index (χ2n) is 2.66. The van der Waals surface area contributed by atoms with Crippen molar-refractivity contribution in [2.24, 2.45) is 0 Å². The highest BCUT2D eigenvalue weighted by molar-refractivity contribution is 6.31. The molecule has 4 heteroatoms. The molecule has 2 N–H and O–H groups in total. The molecule has 2 nitrogen and oxygen atoms in total. The van der Waals surface area contributed by atoms with E-state index in [9.17, 15) is 4.39 Å². The van der Waals surface area contributed by atoms with Gasteiger partial charge >= 0.3 is 0 Å². The number of hydrogen-bond acceptors (Lipinski definition) is 2. The van der Waals surface area contributed by atoms with Gasteiger partial charge in [-0.25, -0.2) is 4.39 Å². The van der Waals surface area contributed by atoms with E-state index in [0.717, 1.165) is 0 Å². The molecule has 13 heavy (non-hydrogen) atoms. The van der Waals surface area contributed by atoms with Crippen LogP contribution in [0.4, 0.5) is 4.39 Å². The molecule has 0 spiro atoms. The van der Waals surface area contributed by atoms with Crippen molar-refractivity contribution < 1.29 is 9.50 Å². The minimum absolute atomic E-state index is 0.183. The Labute approximate surface area is 81.3 Å². The first-order chi connectivity index (χ1) is 6.20. The molecule has 1 aromatic carbocycles. The zero-order valence-corrected chi connectivity index (χ0v) is 7.98. The zero-order valence-electron chi connectivity index (χ0n) is 7.22. The van der Waals surface area contributed by atoms with Crippen LogP contribution >= 0.6 is 11.6 Å². The van der Waals surface area contributed by atoms with Gasteiger partial charge < -0.3 is 10.4 Å². The van der Waals surface area contributed by atoms with E-state index < -0.39 is 11.9 Å². The summed E-state index contributed by atoms with van der Waals surface area (Å²) in [6.45, 7) is -0.183. The Bertz CT molecular complexity index is 269. The number of aliphatic hydroxyl groups excluding tert-OH is 1. The fraction of sp³-hybridized carbons (Fsp3) is 0.333. The molecule has 0 saturated carbocycles. The van der Waals surface area contributed by atoms with Crippen molar-refractivity contribution in [2.75, 3.05) is 13.7 Å². The van der Waals surface area contributed by atoms with E-state index in [1.54, 1.807) is 13.1 Å². The minimum atomic E-state index is -0.450. The summed E-state index contributed by atoms with van der Waals surface area (Å²) in [5.41, 5.74) is 0.314. The van der Waals surface area contributed by atoms with Gasteiger partial charge in [0.2, 0.25) is 0 Å². The van der Waals surface area contributed by atoms with E-state index in [4.69, 9.17) is 16.7 Å². The van der Waals surface area contributed by atoms with Gasteiger partial charge in [0.25, 0.3) is 0 Å². The molecular weight excluding hydrogens is 193 g/mol. The van der Waals surface area contributed by atoms with Crippen molar-refractivity contribution in [1.29, 1.82) is 0 Å². The molecule has 0 saturated heterocycles. The zero-order chi connectivity index (χ0) is 9.84. The van der Waals surface area contributed by atoms with Crippen LogP contribution in [0.5, 0.6) is 0 Å². The van der Waals surface area contributed by atoms with E-state index in [-0.39, 0.29) is 6.61 Å². The summed E-state index contributed by atoms with van der Waals surface area (Å²) in [5.74, 6) is -0.402. The minimum Gasteiger partial charge on any atom is -0.394 e. The second kappa shape index (κ2) is 4.56. The van der Waals surface area contributed by atoms with Crippen LogP contribution in [0.3, 0.4) is 0 Å². The predicted molar refractivity (Wildman–Crippen MR) is 50.3 cm³/mol. The van der Waals surface area contributed by atoms with Gasteiger partial charge in [-0.2, -0.15) is 0 Å². The van der Waals surface area contributed by atoms with Gasteiger partial charge in [0, 0.05) is 10.6 Å². The summed E-state index contributed by atoms with van der Waals surface area (Å²) < 4.78 is 13.2. The third-order valence-electron chi connectivity index (χ3n) is 1.88. The Morgan fingerprint density at radius 1 is 1.62 bits per heavy atom. The Morgan fingerprint density at radius 2 is 2.31 bits per heavy atom. The van der Waals surface area contributed by atoms with Crippen LogP contribution in [-0.2, 0) is 0 Å². The molecule has 0 aliphatic rings. The van der Waals surface area contributed by atoms with E-state index in [1.807, 2.05) is 0 Å². The van der Waals surface area contributed by atoms with Gasteiger partial charge in [0.05, 0.1) is 12.6 Å². The van der Waals surface area contributed by atoms with Crippen LogP contribution in [0.25, 0.3) is 0 Å². The van der Waals surface area contributed by atoms with Crippen LogP contribution in [0.1, 0.15) is 11.6 Å². The molecule has 1 atom stereocenters. The molecule has 0 radical (unpaired) electrons. The Morgan fingerprint density at radius 3 is 2.77 bits per heavy atom. The summed E-state index contributed by atoms with van der Waals surface area (Å²) in [6, 6.07) is 4.00. The standard InChI is InChI=1S/C9H11ClFNO/c1-12-8(5-13)9-6(10)3-2-4-7(9)11/h2-4,8,12-13H,5H2,1H3/t8-/m0/s1. The first-order valence-corrected chi connectivity index (χ1v) is 4.30. The molecule has 1 aromatic rings. The molecule has 72 valence electrons. The van der Waals surface area contributed by atoms with E-state index in [0.29, 0.717) is 10.6 Å². The van der Waals surface area contributed by atoms with Gasteiger partial charge in [-0.3, -0.25) is 0 Å². The van der Waals surface area contributed by atoms with Gasteiger partial charge in [-0.15, -0.1) is 0 Å². The molecule has 0 aliphatic heterocycles. The SMILES string of the molecule is CN[C@@H](CO)c1c(F)cccc1Cl. The summed E-state index contributed by atoms with van der Waals surface area (Å²) in [5, 5.41) is 12.0. The average molecular weight is 204 g/mol. The first-order valence-electron chi connectivity index (χ1n) is 3.92. The lowest BCUT2D eigenvalue weighted by atomic mass is 10.1. The van der Waals surface area contributed by atoms with Crippen LogP contribution in [0, 0.1) is 5.82 Å². The molecule has 0 unspecified atom stereocenters. The molecule has 0 heterocycles. The Hall–Kier alpha value is -0.640. The van der Waals surface area contributed by atoms with E-state index in [2.05, 4.69) is 5.32 Å². The Kier molecular flexibility index (Phi) is 3.66. The third kappa shape index (κ3) is 2.18. The molecule has 0 bridgehead atoms. The van der Waals surface area contributed by atoms with Crippen LogP contribution in [0.2, 0.25) is 5.02 Å². The number of benzene rings is 1. The highest BCUT2D eigenvalue weighted by Crippen LogP contribution is 2.25. The second-order valence-corrected chi connectivity index (χ2v) is 3.07. The Balaban J connectivity index is 3.10. The maximum atomic E-state index is 13.2. The molecule has 0 fully saturated rings. The monoisotopic (exact) mass is 203 g/mol. The normalized spacial score (nSPS) is 12.9. The van der Waals surface area contributed by atoms with Crippen molar-refractivity contribution in [3.63, 3.8) is 0 Å². The van der Waals surface area contributed by atoms with Gasteiger partial charge in [0.1, 0.15) is 5.82 Å². The largest absolute Gasteiger partial charge is 0.394 e. The van der Waals surface area contributed by atoms with Crippen molar-refractivity contribution in [1.82, 2.24) is 5.32 Å². The quantitative estimate of drug-likeness (QED) is 0.784. The fourth-order valence-electron chi connectivity index (χ4n) is 1.17. The lowest BCUT2D eigenvalue weighted by molar-refractivity contribution is 0.248. The summed E-state index contributed by atoms with van der Waals surface area (Å²) >= 11 is 5.79. The molecular formula is C9H11ClFNO. The van der Waals surface area contributed by atoms with Gasteiger partial charge in [-0.05, 0) is 19.2 Å². The topological polar surface area (TPSA) is 32.3 Å². The number of aliphatic hydroxyl groups is 1.